The average molecular weight is 574 g/mol. The molecule has 0 fully saturated rings. The fourth-order valence-corrected chi connectivity index (χ4v) is 5.69. The minimum atomic E-state index is -3.84. The Morgan fingerprint density at radius 3 is 2.31 bits per heavy atom. The first-order valence-corrected chi connectivity index (χ1v) is 13.7. The van der Waals surface area contributed by atoms with Crippen molar-refractivity contribution >= 4 is 43.4 Å². The molecule has 1 unspecified atom stereocenters. The van der Waals surface area contributed by atoms with E-state index in [2.05, 4.69) is 30.8 Å². The number of nitro groups is 1. The third-order valence-electron chi connectivity index (χ3n) is 5.03. The number of rotatable bonds is 9. The number of benzene rings is 3. The number of thioether (sulfide) groups is 1. The van der Waals surface area contributed by atoms with Crippen LogP contribution in [0.15, 0.2) is 93.4 Å². The molecule has 0 spiro atoms. The van der Waals surface area contributed by atoms with E-state index in [1.807, 2.05) is 30.3 Å². The molecule has 1 aromatic heterocycles. The quantitative estimate of drug-likeness (QED) is 0.164. The highest BCUT2D eigenvalue weighted by molar-refractivity contribution is 9.10. The zero-order chi connectivity index (χ0) is 25.0. The summed E-state index contributed by atoms with van der Waals surface area (Å²) in [6.07, 6.45) is 0. The lowest BCUT2D eigenvalue weighted by molar-refractivity contribution is -0.384. The van der Waals surface area contributed by atoms with E-state index in [0.717, 1.165) is 10.0 Å². The number of sulfonamides is 1. The molecule has 35 heavy (non-hydrogen) atoms. The van der Waals surface area contributed by atoms with Crippen LogP contribution in [0.4, 0.5) is 5.69 Å². The second-order valence-electron chi connectivity index (χ2n) is 7.52. The van der Waals surface area contributed by atoms with Crippen LogP contribution in [0.2, 0.25) is 0 Å². The first kappa shape index (κ1) is 25.0. The number of nitrogens with one attached hydrogen (secondary N) is 1. The van der Waals surface area contributed by atoms with E-state index < -0.39 is 21.0 Å². The van der Waals surface area contributed by atoms with E-state index >= 15 is 0 Å². The number of nitro benzene ring substituents is 1. The summed E-state index contributed by atoms with van der Waals surface area (Å²) in [7, 11) is -3.84. The Bertz CT molecular complexity index is 1430. The minimum Gasteiger partial charge on any atom is -0.273 e. The SMILES string of the molecule is CC(NS(=O)(=O)c1ccc(Br)cc1)c1nnc(SCc2ccccc2)n1-c1ccc([N+](=O)[O-])cc1. The van der Waals surface area contributed by atoms with E-state index in [4.69, 9.17) is 0 Å². The monoisotopic (exact) mass is 573 g/mol. The molecule has 1 heterocycles. The van der Waals surface area contributed by atoms with Gasteiger partial charge in [-0.15, -0.1) is 10.2 Å². The fourth-order valence-electron chi connectivity index (χ4n) is 3.31. The zero-order valence-electron chi connectivity index (χ0n) is 18.4. The third kappa shape index (κ3) is 5.96. The molecule has 0 aliphatic rings. The first-order chi connectivity index (χ1) is 16.7. The number of hydrogen-bond donors (Lipinski definition) is 1. The van der Waals surface area contributed by atoms with E-state index in [9.17, 15) is 18.5 Å². The van der Waals surface area contributed by atoms with E-state index in [0.29, 0.717) is 22.4 Å². The number of hydrogen-bond acceptors (Lipinski definition) is 7. The van der Waals surface area contributed by atoms with Crippen molar-refractivity contribution in [1.82, 2.24) is 19.5 Å². The van der Waals surface area contributed by atoms with Crippen molar-refractivity contribution < 1.29 is 13.3 Å². The summed E-state index contributed by atoms with van der Waals surface area (Å²) in [4.78, 5) is 10.7. The second-order valence-corrected chi connectivity index (χ2v) is 11.1. The molecule has 4 aromatic rings. The van der Waals surface area contributed by atoms with Gasteiger partial charge in [0.2, 0.25) is 10.0 Å². The van der Waals surface area contributed by atoms with Crippen LogP contribution in [0.25, 0.3) is 5.69 Å². The lowest BCUT2D eigenvalue weighted by Gasteiger charge is -2.16. The lowest BCUT2D eigenvalue weighted by Crippen LogP contribution is -2.28. The van der Waals surface area contributed by atoms with Gasteiger partial charge in [-0.25, -0.2) is 13.1 Å². The van der Waals surface area contributed by atoms with Crippen LogP contribution in [-0.4, -0.2) is 28.1 Å². The van der Waals surface area contributed by atoms with E-state index in [1.165, 1.54) is 36.0 Å². The molecular weight excluding hydrogens is 554 g/mol. The van der Waals surface area contributed by atoms with Gasteiger partial charge in [-0.1, -0.05) is 58.0 Å². The van der Waals surface area contributed by atoms with Crippen molar-refractivity contribution in [3.63, 3.8) is 0 Å². The molecular formula is C23H20BrN5O4S2. The first-order valence-electron chi connectivity index (χ1n) is 10.4. The summed E-state index contributed by atoms with van der Waals surface area (Å²) < 4.78 is 31.0. The highest BCUT2D eigenvalue weighted by Gasteiger charge is 2.25. The predicted molar refractivity (Wildman–Crippen MR) is 137 cm³/mol. The van der Waals surface area contributed by atoms with Crippen LogP contribution in [0.3, 0.4) is 0 Å². The molecule has 180 valence electrons. The zero-order valence-corrected chi connectivity index (χ0v) is 21.6. The molecule has 9 nitrogen and oxygen atoms in total. The van der Waals surface area contributed by atoms with Crippen molar-refractivity contribution in [2.24, 2.45) is 0 Å². The van der Waals surface area contributed by atoms with Gasteiger partial charge in [-0.3, -0.25) is 14.7 Å². The maximum atomic E-state index is 12.9. The molecule has 12 heteroatoms. The van der Waals surface area contributed by atoms with E-state index in [1.54, 1.807) is 35.8 Å². The largest absolute Gasteiger partial charge is 0.273 e. The van der Waals surface area contributed by atoms with Gasteiger partial charge < -0.3 is 0 Å². The van der Waals surface area contributed by atoms with Crippen molar-refractivity contribution in [1.29, 1.82) is 0 Å². The smallest absolute Gasteiger partial charge is 0.269 e. The van der Waals surface area contributed by atoms with Gasteiger partial charge in [-0.05, 0) is 48.9 Å². The van der Waals surface area contributed by atoms with E-state index in [-0.39, 0.29) is 10.6 Å². The minimum absolute atomic E-state index is 0.0501. The highest BCUT2D eigenvalue weighted by Crippen LogP contribution is 2.29. The summed E-state index contributed by atoms with van der Waals surface area (Å²) in [5.74, 6) is 0.973. The van der Waals surface area contributed by atoms with Crippen molar-refractivity contribution in [3.8, 4) is 5.69 Å². The van der Waals surface area contributed by atoms with Crippen LogP contribution in [0, 0.1) is 10.1 Å². The Balaban J connectivity index is 1.68. The second kappa shape index (κ2) is 10.7. The van der Waals surface area contributed by atoms with Crippen molar-refractivity contribution in [2.45, 2.75) is 28.8 Å². The van der Waals surface area contributed by atoms with Gasteiger partial charge in [0.1, 0.15) is 0 Å². The molecule has 0 aliphatic heterocycles. The van der Waals surface area contributed by atoms with Crippen LogP contribution in [0.1, 0.15) is 24.4 Å². The van der Waals surface area contributed by atoms with Gasteiger partial charge in [-0.2, -0.15) is 0 Å². The summed E-state index contributed by atoms with van der Waals surface area (Å²) in [5, 5.41) is 20.2. The Labute approximate surface area is 214 Å². The molecule has 0 radical (unpaired) electrons. The van der Waals surface area contributed by atoms with Crippen LogP contribution < -0.4 is 4.72 Å². The maximum Gasteiger partial charge on any atom is 0.269 e. The summed E-state index contributed by atoms with van der Waals surface area (Å²) in [5.41, 5.74) is 1.62. The fraction of sp³-hybridized carbons (Fsp3) is 0.130. The van der Waals surface area contributed by atoms with Crippen LogP contribution in [-0.2, 0) is 15.8 Å². The summed E-state index contributed by atoms with van der Waals surface area (Å²) in [6.45, 7) is 1.67. The van der Waals surface area contributed by atoms with Gasteiger partial charge in [0, 0.05) is 28.0 Å². The standard InChI is InChI=1S/C23H20BrN5O4S2/c1-16(27-35(32,33)21-13-7-18(24)8-14-21)22-25-26-23(34-15-17-5-3-2-4-6-17)28(22)19-9-11-20(12-10-19)29(30)31/h2-14,16,27H,15H2,1H3. The molecule has 1 atom stereocenters. The lowest BCUT2D eigenvalue weighted by atomic mass is 10.2. The topological polar surface area (TPSA) is 120 Å². The predicted octanol–water partition coefficient (Wildman–Crippen LogP) is 5.27. The van der Waals surface area contributed by atoms with Gasteiger partial charge in [0.15, 0.2) is 11.0 Å². The van der Waals surface area contributed by atoms with Gasteiger partial charge >= 0.3 is 0 Å². The van der Waals surface area contributed by atoms with Crippen molar-refractivity contribution in [3.05, 3.63) is 105 Å². The summed E-state index contributed by atoms with van der Waals surface area (Å²) >= 11 is 4.73. The highest BCUT2D eigenvalue weighted by atomic mass is 79.9. The van der Waals surface area contributed by atoms with Gasteiger partial charge in [0.25, 0.3) is 5.69 Å². The van der Waals surface area contributed by atoms with Crippen LogP contribution >= 0.6 is 27.7 Å². The number of halogens is 1. The number of non-ortho nitro benzene ring substituents is 1. The number of aromatic nitrogens is 3. The Kier molecular flexibility index (Phi) is 7.65. The third-order valence-corrected chi connectivity index (χ3v) is 8.12. The van der Waals surface area contributed by atoms with Crippen molar-refractivity contribution in [2.75, 3.05) is 0 Å². The van der Waals surface area contributed by atoms with Gasteiger partial charge in [0.05, 0.1) is 15.9 Å². The Morgan fingerprint density at radius 2 is 1.69 bits per heavy atom. The maximum absolute atomic E-state index is 12.9. The molecule has 0 saturated carbocycles. The molecule has 3 aromatic carbocycles. The molecule has 1 N–H and O–H groups in total. The summed E-state index contributed by atoms with van der Waals surface area (Å²) in [6, 6.07) is 21.3. The normalized spacial score (nSPS) is 12.4. The Morgan fingerprint density at radius 1 is 1.03 bits per heavy atom. The molecule has 0 saturated heterocycles. The molecule has 0 bridgehead atoms. The molecule has 0 amide bonds. The van der Waals surface area contributed by atoms with Crippen LogP contribution in [0.5, 0.6) is 0 Å². The Hall–Kier alpha value is -3.06. The average Bonchev–Trinajstić information content (AvgIpc) is 3.27. The molecule has 4 rings (SSSR count). The number of nitrogens with zero attached hydrogens (tertiary/aromatic N) is 4. The molecule has 0 aliphatic carbocycles.